The quantitative estimate of drug-likeness (QED) is 0.887. The van der Waals surface area contributed by atoms with E-state index >= 15 is 0 Å². The van der Waals surface area contributed by atoms with Crippen LogP contribution in [-0.2, 0) is 11.8 Å². The van der Waals surface area contributed by atoms with E-state index < -0.39 is 0 Å². The molecule has 0 radical (unpaired) electrons. The third kappa shape index (κ3) is 2.41. The largest absolute Gasteiger partial charge is 0.504 e. The lowest BCUT2D eigenvalue weighted by molar-refractivity contribution is -0.113. The maximum Gasteiger partial charge on any atom is 0.235 e. The topological polar surface area (TPSA) is 76.4 Å². The molecule has 1 aliphatic heterocycles. The van der Waals surface area contributed by atoms with Crippen LogP contribution >= 0.6 is 11.8 Å². The van der Waals surface area contributed by atoms with Crippen molar-refractivity contribution in [2.75, 3.05) is 18.2 Å². The normalized spacial score (nSPS) is 17.6. The highest BCUT2D eigenvalue weighted by Gasteiger charge is 2.29. The second-order valence-corrected chi connectivity index (χ2v) is 6.24. The van der Waals surface area contributed by atoms with Gasteiger partial charge in [-0.05, 0) is 24.6 Å². The average molecular weight is 319 g/mol. The molecule has 0 saturated heterocycles. The lowest BCUT2D eigenvalue weighted by Gasteiger charge is -2.16. The van der Waals surface area contributed by atoms with Crippen LogP contribution in [0.15, 0.2) is 18.2 Å². The minimum absolute atomic E-state index is 0.0394. The Morgan fingerprint density at radius 1 is 1.50 bits per heavy atom. The van der Waals surface area contributed by atoms with E-state index in [1.807, 2.05) is 20.0 Å². The number of phenols is 1. The molecule has 1 aromatic carbocycles. The summed E-state index contributed by atoms with van der Waals surface area (Å²) in [7, 11) is 3.33. The smallest absolute Gasteiger partial charge is 0.235 e. The van der Waals surface area contributed by atoms with E-state index in [9.17, 15) is 9.90 Å². The highest BCUT2D eigenvalue weighted by molar-refractivity contribution is 8.00. The van der Waals surface area contributed by atoms with Gasteiger partial charge in [-0.2, -0.15) is 5.10 Å². The molecule has 2 N–H and O–H groups in total. The van der Waals surface area contributed by atoms with Crippen molar-refractivity contribution in [3.8, 4) is 11.5 Å². The van der Waals surface area contributed by atoms with Crippen LogP contribution in [0, 0.1) is 6.92 Å². The molecule has 0 bridgehead atoms. The lowest BCUT2D eigenvalue weighted by Crippen LogP contribution is -2.15. The van der Waals surface area contributed by atoms with Gasteiger partial charge in [0.25, 0.3) is 0 Å². The number of ether oxygens (including phenoxy) is 1. The minimum atomic E-state index is -0.0443. The number of aromatic hydroxyl groups is 1. The van der Waals surface area contributed by atoms with Gasteiger partial charge in [-0.1, -0.05) is 6.07 Å². The number of carbonyl (C=O) groups excluding carboxylic acids is 1. The lowest BCUT2D eigenvalue weighted by atomic mass is 10.0. The number of methoxy groups -OCH3 is 1. The zero-order valence-electron chi connectivity index (χ0n) is 12.6. The molecule has 7 heteroatoms. The van der Waals surface area contributed by atoms with Crippen molar-refractivity contribution in [1.29, 1.82) is 0 Å². The number of carbonyl (C=O) groups is 1. The summed E-state index contributed by atoms with van der Waals surface area (Å²) < 4.78 is 6.88. The van der Waals surface area contributed by atoms with Crippen LogP contribution in [0.25, 0.3) is 0 Å². The Kier molecular flexibility index (Phi) is 3.74. The zero-order valence-corrected chi connectivity index (χ0v) is 13.4. The molecule has 1 amide bonds. The molecule has 0 saturated carbocycles. The van der Waals surface area contributed by atoms with Crippen LogP contribution < -0.4 is 10.1 Å². The fourth-order valence-corrected chi connectivity index (χ4v) is 3.85. The Morgan fingerprint density at radius 2 is 2.27 bits per heavy atom. The van der Waals surface area contributed by atoms with Crippen molar-refractivity contribution in [2.45, 2.75) is 12.2 Å². The van der Waals surface area contributed by atoms with Crippen LogP contribution in [0.1, 0.15) is 22.1 Å². The van der Waals surface area contributed by atoms with Gasteiger partial charge in [-0.25, -0.2) is 0 Å². The number of aryl methyl sites for hydroxylation is 2. The first-order valence-electron chi connectivity index (χ1n) is 6.83. The second kappa shape index (κ2) is 5.57. The number of nitrogens with zero attached hydrogens (tertiary/aromatic N) is 2. The molecule has 22 heavy (non-hydrogen) atoms. The molecule has 0 unspecified atom stereocenters. The van der Waals surface area contributed by atoms with E-state index in [0.29, 0.717) is 11.5 Å². The highest BCUT2D eigenvalue weighted by Crippen LogP contribution is 2.44. The SMILES string of the molecule is COc1cc([C@H]2SCC(=O)Nc3c2c(C)nn3C)ccc1O. The summed E-state index contributed by atoms with van der Waals surface area (Å²) in [6.45, 7) is 1.93. The molecular formula is C15H17N3O3S. The van der Waals surface area contributed by atoms with Crippen LogP contribution in [0.5, 0.6) is 11.5 Å². The average Bonchev–Trinajstić information content (AvgIpc) is 2.67. The third-order valence-corrected chi connectivity index (χ3v) is 4.95. The maximum absolute atomic E-state index is 11.9. The third-order valence-electron chi connectivity index (χ3n) is 3.68. The van der Waals surface area contributed by atoms with E-state index in [4.69, 9.17) is 4.74 Å². The summed E-state index contributed by atoms with van der Waals surface area (Å²) in [5.41, 5.74) is 2.84. The van der Waals surface area contributed by atoms with Crippen LogP contribution in [0.4, 0.5) is 5.82 Å². The maximum atomic E-state index is 11.9. The molecule has 0 fully saturated rings. The Hall–Kier alpha value is -2.15. The summed E-state index contributed by atoms with van der Waals surface area (Å²) >= 11 is 1.54. The molecule has 6 nitrogen and oxygen atoms in total. The van der Waals surface area contributed by atoms with Crippen molar-refractivity contribution in [1.82, 2.24) is 9.78 Å². The number of benzene rings is 1. The van der Waals surface area contributed by atoms with E-state index in [-0.39, 0.29) is 16.9 Å². The van der Waals surface area contributed by atoms with Crippen molar-refractivity contribution in [2.24, 2.45) is 7.05 Å². The number of anilines is 1. The fraction of sp³-hybridized carbons (Fsp3) is 0.333. The molecule has 0 aliphatic carbocycles. The van der Waals surface area contributed by atoms with Gasteiger partial charge in [-0.3, -0.25) is 9.48 Å². The van der Waals surface area contributed by atoms with Crippen molar-refractivity contribution in [3.05, 3.63) is 35.0 Å². The summed E-state index contributed by atoms with van der Waals surface area (Å²) in [6, 6.07) is 5.26. The molecule has 2 aromatic rings. The van der Waals surface area contributed by atoms with Crippen molar-refractivity contribution in [3.63, 3.8) is 0 Å². The van der Waals surface area contributed by atoms with Gasteiger partial charge in [0.2, 0.25) is 5.91 Å². The number of nitrogens with one attached hydrogen (secondary N) is 1. The van der Waals surface area contributed by atoms with Gasteiger partial charge in [0.05, 0.1) is 23.8 Å². The van der Waals surface area contributed by atoms with Gasteiger partial charge < -0.3 is 15.2 Å². The fourth-order valence-electron chi connectivity index (χ4n) is 2.67. The van der Waals surface area contributed by atoms with Gasteiger partial charge >= 0.3 is 0 Å². The Morgan fingerprint density at radius 3 is 3.00 bits per heavy atom. The molecule has 2 heterocycles. The summed E-state index contributed by atoms with van der Waals surface area (Å²) in [6.07, 6.45) is 0. The standard InChI is InChI=1S/C15H17N3O3S/c1-8-13-14(9-4-5-10(19)11(6-9)21-3)22-7-12(20)16-15(13)18(2)17-8/h4-6,14,19H,7H2,1-3H3,(H,16,20)/t14-/m1/s1. The van der Waals surface area contributed by atoms with E-state index in [1.165, 1.54) is 18.9 Å². The minimum Gasteiger partial charge on any atom is -0.504 e. The Labute approximate surface area is 132 Å². The molecular weight excluding hydrogens is 302 g/mol. The molecule has 116 valence electrons. The monoisotopic (exact) mass is 319 g/mol. The van der Waals surface area contributed by atoms with E-state index in [0.717, 1.165) is 22.6 Å². The summed E-state index contributed by atoms with van der Waals surface area (Å²) in [4.78, 5) is 11.9. The van der Waals surface area contributed by atoms with Gasteiger partial charge in [0, 0.05) is 12.6 Å². The van der Waals surface area contributed by atoms with E-state index in [1.54, 1.807) is 16.8 Å². The number of rotatable bonds is 2. The summed E-state index contributed by atoms with van der Waals surface area (Å²) in [5.74, 6) is 1.57. The molecule has 3 rings (SSSR count). The molecule has 0 spiro atoms. The van der Waals surface area contributed by atoms with Crippen LogP contribution in [0.2, 0.25) is 0 Å². The van der Waals surface area contributed by atoms with Crippen molar-refractivity contribution >= 4 is 23.5 Å². The number of hydrogen-bond acceptors (Lipinski definition) is 5. The predicted octanol–water partition coefficient (Wildman–Crippen LogP) is 2.22. The Bertz CT molecular complexity index is 742. The van der Waals surface area contributed by atoms with Gasteiger partial charge in [-0.15, -0.1) is 11.8 Å². The second-order valence-electron chi connectivity index (χ2n) is 5.14. The first kappa shape index (κ1) is 14.8. The van der Waals surface area contributed by atoms with Crippen LogP contribution in [-0.4, -0.2) is 33.7 Å². The van der Waals surface area contributed by atoms with Gasteiger partial charge in [0.1, 0.15) is 5.82 Å². The Balaban J connectivity index is 2.13. The number of phenolic OH excluding ortho intramolecular Hbond substituents is 1. The predicted molar refractivity (Wildman–Crippen MR) is 85.5 cm³/mol. The van der Waals surface area contributed by atoms with Gasteiger partial charge in [0.15, 0.2) is 11.5 Å². The summed E-state index contributed by atoms with van der Waals surface area (Å²) in [5, 5.41) is 17.0. The highest BCUT2D eigenvalue weighted by atomic mass is 32.2. The number of amides is 1. The number of hydrogen-bond donors (Lipinski definition) is 2. The number of aromatic nitrogens is 2. The number of thioether (sulfide) groups is 1. The van der Waals surface area contributed by atoms with Crippen LogP contribution in [0.3, 0.4) is 0 Å². The molecule has 1 aromatic heterocycles. The van der Waals surface area contributed by atoms with Crippen molar-refractivity contribution < 1.29 is 14.6 Å². The van der Waals surface area contributed by atoms with E-state index in [2.05, 4.69) is 10.4 Å². The molecule has 1 atom stereocenters. The first-order chi connectivity index (χ1) is 10.5. The zero-order chi connectivity index (χ0) is 15.9. The molecule has 1 aliphatic rings. The first-order valence-corrected chi connectivity index (χ1v) is 7.88. The number of fused-ring (bicyclic) bond motifs is 1.